The Bertz CT molecular complexity index is 457. The molecule has 1 heterocycles. The number of carbonyl (C=O) groups excluding carboxylic acids is 1. The van der Waals surface area contributed by atoms with Crippen LogP contribution in [-0.2, 0) is 9.33 Å². The summed E-state index contributed by atoms with van der Waals surface area (Å²) in [6, 6.07) is -0.508. The first-order valence-corrected chi connectivity index (χ1v) is 6.42. The zero-order valence-corrected chi connectivity index (χ0v) is 9.61. The van der Waals surface area contributed by atoms with Crippen LogP contribution in [0.1, 0.15) is 0 Å². The van der Waals surface area contributed by atoms with E-state index in [1.165, 1.54) is 7.05 Å². The molecule has 15 heavy (non-hydrogen) atoms. The Morgan fingerprint density at radius 2 is 2.20 bits per heavy atom. The fourth-order valence-corrected chi connectivity index (χ4v) is 1.91. The number of aromatic nitrogens is 2. The number of carbonyl (C=O) groups is 1. The summed E-state index contributed by atoms with van der Waals surface area (Å²) in [4.78, 5) is 10.8. The van der Waals surface area contributed by atoms with Gasteiger partial charge >= 0.3 is 20.6 Å². The molecule has 0 aliphatic carbocycles. The van der Waals surface area contributed by atoms with E-state index in [0.29, 0.717) is 0 Å². The molecule has 0 saturated carbocycles. The molecule has 84 valence electrons. The highest BCUT2D eigenvalue weighted by atomic mass is 35.7. The molecule has 2 N–H and O–H groups in total. The average Bonchev–Trinajstić information content (AvgIpc) is 2.49. The van der Waals surface area contributed by atoms with Crippen LogP contribution in [0.5, 0.6) is 5.19 Å². The van der Waals surface area contributed by atoms with Gasteiger partial charge in [0.15, 0.2) is 0 Å². The SMILES string of the molecule is CNC(=O)Nc1nnc(OS(=O)(=O)Cl)s1. The van der Waals surface area contributed by atoms with Crippen molar-refractivity contribution in [3.05, 3.63) is 0 Å². The minimum Gasteiger partial charge on any atom is -0.341 e. The van der Waals surface area contributed by atoms with Gasteiger partial charge in [0, 0.05) is 7.05 Å². The van der Waals surface area contributed by atoms with Crippen molar-refractivity contribution in [2.75, 3.05) is 12.4 Å². The third-order valence-electron chi connectivity index (χ3n) is 1.02. The van der Waals surface area contributed by atoms with E-state index in [1.807, 2.05) is 0 Å². The molecule has 0 aromatic carbocycles. The molecule has 2 amide bonds. The summed E-state index contributed by atoms with van der Waals surface area (Å²) >= 11 is 0.723. The van der Waals surface area contributed by atoms with Crippen molar-refractivity contribution in [2.24, 2.45) is 0 Å². The summed E-state index contributed by atoms with van der Waals surface area (Å²) in [5.41, 5.74) is 0. The average molecular weight is 273 g/mol. The second-order valence-electron chi connectivity index (χ2n) is 2.05. The van der Waals surface area contributed by atoms with Crippen molar-refractivity contribution in [2.45, 2.75) is 0 Å². The summed E-state index contributed by atoms with van der Waals surface area (Å²) < 4.78 is 25.1. The van der Waals surface area contributed by atoms with E-state index in [2.05, 4.69) is 25.0 Å². The lowest BCUT2D eigenvalue weighted by Gasteiger charge is -1.96. The molecule has 0 atom stereocenters. The van der Waals surface area contributed by atoms with E-state index in [4.69, 9.17) is 10.7 Å². The first kappa shape index (κ1) is 11.9. The van der Waals surface area contributed by atoms with Crippen LogP contribution in [0.3, 0.4) is 0 Å². The topological polar surface area (TPSA) is 110 Å². The fraction of sp³-hybridized carbons (Fsp3) is 0.250. The standard InChI is InChI=1S/C4H5ClN4O4S2/c1-6-2(10)7-3-8-9-4(14-3)13-15(5,11)12/h1H3,(H2,6,7,8,10). The van der Waals surface area contributed by atoms with Crippen LogP contribution < -0.4 is 14.8 Å². The van der Waals surface area contributed by atoms with E-state index in [1.54, 1.807) is 0 Å². The Morgan fingerprint density at radius 1 is 1.53 bits per heavy atom. The predicted octanol–water partition coefficient (Wildman–Crippen LogP) is 0.152. The number of urea groups is 1. The van der Waals surface area contributed by atoms with Crippen LogP contribution >= 0.6 is 22.0 Å². The lowest BCUT2D eigenvalue weighted by Crippen LogP contribution is -2.24. The normalized spacial score (nSPS) is 10.8. The molecule has 1 rings (SSSR count). The van der Waals surface area contributed by atoms with E-state index < -0.39 is 15.4 Å². The zero-order valence-electron chi connectivity index (χ0n) is 7.22. The second kappa shape index (κ2) is 4.59. The molecule has 0 aliphatic rings. The monoisotopic (exact) mass is 272 g/mol. The number of amides is 2. The molecule has 0 radical (unpaired) electrons. The summed E-state index contributed by atoms with van der Waals surface area (Å²) in [6.45, 7) is 0. The number of hydrogen-bond donors (Lipinski definition) is 2. The number of hydrogen-bond acceptors (Lipinski definition) is 7. The number of nitrogens with one attached hydrogen (secondary N) is 2. The maximum atomic E-state index is 10.8. The predicted molar refractivity (Wildman–Crippen MR) is 53.4 cm³/mol. The van der Waals surface area contributed by atoms with Crippen molar-refractivity contribution in [3.8, 4) is 5.19 Å². The van der Waals surface area contributed by atoms with E-state index in [-0.39, 0.29) is 10.3 Å². The van der Waals surface area contributed by atoms with E-state index >= 15 is 0 Å². The molecule has 8 nitrogen and oxygen atoms in total. The molecular formula is C4H5ClN4O4S2. The van der Waals surface area contributed by atoms with Crippen LogP contribution in [-0.4, -0.2) is 31.7 Å². The van der Waals surface area contributed by atoms with Crippen LogP contribution in [0.4, 0.5) is 9.93 Å². The van der Waals surface area contributed by atoms with Gasteiger partial charge in [0.1, 0.15) is 0 Å². The Hall–Kier alpha value is -1.13. The highest BCUT2D eigenvalue weighted by Gasteiger charge is 2.13. The first-order chi connectivity index (χ1) is 6.90. The summed E-state index contributed by atoms with van der Waals surface area (Å²) in [7, 11) is 2.07. The van der Waals surface area contributed by atoms with Crippen molar-refractivity contribution in [1.29, 1.82) is 0 Å². The molecular weight excluding hydrogens is 268 g/mol. The summed E-state index contributed by atoms with van der Waals surface area (Å²) in [6.07, 6.45) is 0. The molecule has 0 spiro atoms. The van der Waals surface area contributed by atoms with Gasteiger partial charge in [-0.25, -0.2) is 4.79 Å². The Kier molecular flexibility index (Phi) is 3.66. The summed E-state index contributed by atoms with van der Waals surface area (Å²) in [5.74, 6) is 0. The van der Waals surface area contributed by atoms with Gasteiger partial charge in [0.05, 0.1) is 10.7 Å². The number of nitrogens with zero attached hydrogens (tertiary/aromatic N) is 2. The van der Waals surface area contributed by atoms with Gasteiger partial charge in [-0.3, -0.25) is 5.32 Å². The third-order valence-corrected chi connectivity index (χ3v) is 2.39. The molecule has 1 aromatic heterocycles. The third kappa shape index (κ3) is 4.27. The van der Waals surface area contributed by atoms with Crippen LogP contribution in [0.2, 0.25) is 0 Å². The van der Waals surface area contributed by atoms with Crippen LogP contribution in [0, 0.1) is 0 Å². The Balaban J connectivity index is 2.69. The number of halogens is 1. The molecule has 0 saturated heterocycles. The molecule has 0 unspecified atom stereocenters. The van der Waals surface area contributed by atoms with Crippen molar-refractivity contribution < 1.29 is 17.4 Å². The van der Waals surface area contributed by atoms with Crippen LogP contribution in [0.15, 0.2) is 0 Å². The summed E-state index contributed by atoms with van der Waals surface area (Å²) in [5, 5.41) is 11.1. The highest BCUT2D eigenvalue weighted by molar-refractivity contribution is 8.10. The number of anilines is 1. The van der Waals surface area contributed by atoms with Gasteiger partial charge in [-0.15, -0.1) is 5.10 Å². The lowest BCUT2D eigenvalue weighted by atomic mass is 10.9. The quantitative estimate of drug-likeness (QED) is 0.758. The smallest absolute Gasteiger partial charge is 0.341 e. The van der Waals surface area contributed by atoms with Crippen LogP contribution in [0.25, 0.3) is 0 Å². The van der Waals surface area contributed by atoms with E-state index in [9.17, 15) is 13.2 Å². The molecule has 0 aliphatic heterocycles. The maximum Gasteiger partial charge on any atom is 0.403 e. The van der Waals surface area contributed by atoms with Gasteiger partial charge in [0.25, 0.3) is 0 Å². The van der Waals surface area contributed by atoms with Gasteiger partial charge in [0.2, 0.25) is 5.13 Å². The highest BCUT2D eigenvalue weighted by Crippen LogP contribution is 2.24. The molecule has 0 bridgehead atoms. The van der Waals surface area contributed by atoms with Crippen molar-refractivity contribution >= 4 is 42.5 Å². The lowest BCUT2D eigenvalue weighted by molar-refractivity contribution is 0.254. The zero-order chi connectivity index (χ0) is 11.5. The van der Waals surface area contributed by atoms with Crippen molar-refractivity contribution in [1.82, 2.24) is 15.5 Å². The molecule has 0 fully saturated rings. The molecule has 1 aromatic rings. The molecule has 11 heteroatoms. The first-order valence-electron chi connectivity index (χ1n) is 3.37. The van der Waals surface area contributed by atoms with Gasteiger partial charge in [-0.1, -0.05) is 5.10 Å². The Labute approximate surface area is 93.2 Å². The maximum absolute atomic E-state index is 10.8. The van der Waals surface area contributed by atoms with Gasteiger partial charge in [-0.2, -0.15) is 8.42 Å². The van der Waals surface area contributed by atoms with E-state index in [0.717, 1.165) is 11.3 Å². The second-order valence-corrected chi connectivity index (χ2v) is 5.08. The minimum atomic E-state index is -4.15. The van der Waals surface area contributed by atoms with Gasteiger partial charge < -0.3 is 9.50 Å². The van der Waals surface area contributed by atoms with Gasteiger partial charge in [-0.05, 0) is 11.3 Å². The fourth-order valence-electron chi connectivity index (χ4n) is 0.539. The Morgan fingerprint density at radius 3 is 2.73 bits per heavy atom. The minimum absolute atomic E-state index is 0.0877. The van der Waals surface area contributed by atoms with Crippen molar-refractivity contribution in [3.63, 3.8) is 0 Å². The largest absolute Gasteiger partial charge is 0.403 e. The number of rotatable bonds is 3.